The summed E-state index contributed by atoms with van der Waals surface area (Å²) in [5.74, 6) is 2.47. The van der Waals surface area contributed by atoms with Crippen molar-refractivity contribution in [3.63, 3.8) is 0 Å². The number of hydrogen-bond acceptors (Lipinski definition) is 1. The molecule has 1 aliphatic rings. The fourth-order valence-corrected chi connectivity index (χ4v) is 2.98. The molecule has 0 aliphatic carbocycles. The highest BCUT2D eigenvalue weighted by Crippen LogP contribution is 2.32. The van der Waals surface area contributed by atoms with Crippen LogP contribution in [0.3, 0.4) is 0 Å². The third kappa shape index (κ3) is 5.18. The van der Waals surface area contributed by atoms with Crippen LogP contribution in [0.1, 0.15) is 32.6 Å². The first-order valence-corrected chi connectivity index (χ1v) is 7.74. The van der Waals surface area contributed by atoms with Crippen molar-refractivity contribution in [2.45, 2.75) is 55.0 Å². The van der Waals surface area contributed by atoms with Crippen molar-refractivity contribution < 1.29 is 4.74 Å². The maximum atomic E-state index is 6.24. The molecule has 0 N–H and O–H groups in total. The Hall–Kier alpha value is -0.230. The predicted octanol–water partition coefficient (Wildman–Crippen LogP) is 4.45. The minimum atomic E-state index is 0.155. The van der Waals surface area contributed by atoms with Crippen LogP contribution in [0.25, 0.3) is 0 Å². The highest BCUT2D eigenvalue weighted by Gasteiger charge is 2.35. The van der Waals surface area contributed by atoms with Gasteiger partial charge in [-0.15, -0.1) is 18.0 Å². The molecule has 0 aromatic rings. The van der Waals surface area contributed by atoms with Crippen LogP contribution in [0.5, 0.6) is 0 Å². The number of terminal acetylenes is 1. The van der Waals surface area contributed by atoms with Gasteiger partial charge in [-0.3, -0.25) is 0 Å². The third-order valence-electron chi connectivity index (χ3n) is 3.03. The van der Waals surface area contributed by atoms with Gasteiger partial charge in [0.05, 0.1) is 17.6 Å². The maximum absolute atomic E-state index is 6.24. The van der Waals surface area contributed by atoms with Crippen LogP contribution in [-0.4, -0.2) is 22.4 Å². The highest BCUT2D eigenvalue weighted by molar-refractivity contribution is 9.09. The molecule has 0 aromatic heterocycles. The second kappa shape index (κ2) is 8.80. The molecule has 0 bridgehead atoms. The topological polar surface area (TPSA) is 9.23 Å². The van der Waals surface area contributed by atoms with Crippen LogP contribution in [-0.2, 0) is 4.74 Å². The number of ether oxygens (including phenoxy) is 1. The Labute approximate surface area is 124 Å². The molecule has 0 saturated carbocycles. The van der Waals surface area contributed by atoms with Gasteiger partial charge in [0, 0.05) is 4.83 Å². The van der Waals surface area contributed by atoms with Crippen LogP contribution >= 0.6 is 27.5 Å². The minimum absolute atomic E-state index is 0.155. The van der Waals surface area contributed by atoms with Gasteiger partial charge in [-0.2, -0.15) is 0 Å². The van der Waals surface area contributed by atoms with Crippen LogP contribution in [0.4, 0.5) is 0 Å². The summed E-state index contributed by atoms with van der Waals surface area (Å²) < 4.78 is 5.93. The van der Waals surface area contributed by atoms with E-state index in [2.05, 4.69) is 40.9 Å². The normalized spacial score (nSPS) is 30.0. The van der Waals surface area contributed by atoms with Crippen LogP contribution in [0.2, 0.25) is 0 Å². The maximum Gasteiger partial charge on any atom is 0.0741 e. The van der Waals surface area contributed by atoms with Gasteiger partial charge >= 0.3 is 0 Å². The van der Waals surface area contributed by atoms with E-state index in [4.69, 9.17) is 22.8 Å². The van der Waals surface area contributed by atoms with Crippen LogP contribution in [0, 0.1) is 12.3 Å². The molecular weight excluding hydrogens is 312 g/mol. The lowest BCUT2D eigenvalue weighted by atomic mass is 10.1. The Morgan fingerprint density at radius 3 is 2.89 bits per heavy atom. The molecule has 18 heavy (non-hydrogen) atoms. The van der Waals surface area contributed by atoms with Crippen molar-refractivity contribution >= 4 is 27.5 Å². The van der Waals surface area contributed by atoms with E-state index >= 15 is 0 Å². The molecule has 0 aromatic carbocycles. The minimum Gasteiger partial charge on any atom is -0.372 e. The number of hydrogen-bond donors (Lipinski definition) is 0. The average Bonchev–Trinajstić information content (AvgIpc) is 2.74. The summed E-state index contributed by atoms with van der Waals surface area (Å²) >= 11 is 9.93. The van der Waals surface area contributed by atoms with Gasteiger partial charge in [-0.05, 0) is 31.8 Å². The van der Waals surface area contributed by atoms with Gasteiger partial charge in [-0.25, -0.2) is 0 Å². The first-order chi connectivity index (χ1) is 8.69. The molecule has 0 spiro atoms. The number of alkyl halides is 2. The molecule has 1 saturated heterocycles. The van der Waals surface area contributed by atoms with E-state index in [9.17, 15) is 0 Å². The third-order valence-corrected chi connectivity index (χ3v) is 4.45. The monoisotopic (exact) mass is 330 g/mol. The molecule has 0 radical (unpaired) electrons. The van der Waals surface area contributed by atoms with E-state index in [-0.39, 0.29) is 17.6 Å². The molecule has 1 nitrogen and oxygen atoms in total. The molecule has 4 atom stereocenters. The quantitative estimate of drug-likeness (QED) is 0.397. The molecule has 1 rings (SSSR count). The Balaban J connectivity index is 2.27. The van der Waals surface area contributed by atoms with Crippen molar-refractivity contribution in [3.05, 3.63) is 24.3 Å². The summed E-state index contributed by atoms with van der Waals surface area (Å²) in [4.78, 5) is 0.336. The lowest BCUT2D eigenvalue weighted by Gasteiger charge is -2.16. The summed E-state index contributed by atoms with van der Waals surface area (Å²) in [6, 6.07) is 0. The van der Waals surface area contributed by atoms with E-state index in [1.807, 2.05) is 6.08 Å². The van der Waals surface area contributed by atoms with Crippen molar-refractivity contribution in [2.24, 2.45) is 0 Å². The lowest BCUT2D eigenvalue weighted by molar-refractivity contribution is 0.0444. The van der Waals surface area contributed by atoms with Gasteiger partial charge < -0.3 is 4.74 Å². The van der Waals surface area contributed by atoms with Gasteiger partial charge in [0.1, 0.15) is 0 Å². The second-order valence-electron chi connectivity index (χ2n) is 4.40. The predicted molar refractivity (Wildman–Crippen MR) is 82.3 cm³/mol. The first-order valence-electron chi connectivity index (χ1n) is 6.38. The van der Waals surface area contributed by atoms with Crippen LogP contribution in [0.15, 0.2) is 24.3 Å². The van der Waals surface area contributed by atoms with Gasteiger partial charge in [0.15, 0.2) is 0 Å². The highest BCUT2D eigenvalue weighted by atomic mass is 79.9. The molecule has 0 amide bonds. The fraction of sp³-hybridized carbons (Fsp3) is 0.600. The van der Waals surface area contributed by atoms with E-state index in [1.165, 1.54) is 0 Å². The summed E-state index contributed by atoms with van der Waals surface area (Å²) in [7, 11) is 0. The molecule has 1 heterocycles. The Kier molecular flexibility index (Phi) is 7.74. The Bertz CT molecular complexity index is 332. The number of halogens is 2. The standard InChI is InChI=1S/C15H20BrClO/c1-3-5-6-7-8-9-10-12(16)15-11-13(17)14(4-2)18-15/h1,5-6,8-9,12-15H,4,7,10-11H2,2H3/b6-5-,9-8-/t12?,13-,14-,15-/m1/s1. The summed E-state index contributed by atoms with van der Waals surface area (Å²) in [6.45, 7) is 2.11. The molecule has 100 valence electrons. The lowest BCUT2D eigenvalue weighted by Crippen LogP contribution is -2.20. The van der Waals surface area contributed by atoms with Crippen molar-refractivity contribution in [3.8, 4) is 12.3 Å². The summed E-state index contributed by atoms with van der Waals surface area (Å²) in [5.41, 5.74) is 0. The molecule has 1 unspecified atom stereocenters. The zero-order valence-corrected chi connectivity index (χ0v) is 13.0. The Morgan fingerprint density at radius 1 is 1.50 bits per heavy atom. The Morgan fingerprint density at radius 2 is 2.28 bits per heavy atom. The van der Waals surface area contributed by atoms with Crippen molar-refractivity contribution in [1.82, 2.24) is 0 Å². The van der Waals surface area contributed by atoms with E-state index in [0.717, 1.165) is 25.7 Å². The van der Waals surface area contributed by atoms with Gasteiger partial charge in [-0.1, -0.05) is 47.0 Å². The zero-order valence-electron chi connectivity index (χ0n) is 10.7. The van der Waals surface area contributed by atoms with E-state index in [0.29, 0.717) is 4.83 Å². The van der Waals surface area contributed by atoms with Gasteiger partial charge in [0.25, 0.3) is 0 Å². The molecule has 3 heteroatoms. The summed E-state index contributed by atoms with van der Waals surface area (Å²) in [5, 5.41) is 0.155. The molecular formula is C15H20BrClO. The fourth-order valence-electron chi connectivity index (χ4n) is 2.01. The zero-order chi connectivity index (χ0) is 13.4. The number of allylic oxidation sites excluding steroid dienone is 4. The van der Waals surface area contributed by atoms with E-state index < -0.39 is 0 Å². The molecule has 1 aliphatic heterocycles. The summed E-state index contributed by atoms with van der Waals surface area (Å²) in [6.07, 6.45) is 17.3. The molecule has 1 fully saturated rings. The average molecular weight is 332 g/mol. The largest absolute Gasteiger partial charge is 0.372 e. The van der Waals surface area contributed by atoms with Crippen molar-refractivity contribution in [2.75, 3.05) is 0 Å². The first kappa shape index (κ1) is 15.8. The van der Waals surface area contributed by atoms with Crippen LogP contribution < -0.4 is 0 Å². The second-order valence-corrected chi connectivity index (χ2v) is 6.14. The van der Waals surface area contributed by atoms with E-state index in [1.54, 1.807) is 6.08 Å². The SMILES string of the molecule is C#C/C=C\C/C=C\CC(Br)[C@H]1C[C@@H](Cl)[C@@H](CC)O1. The smallest absolute Gasteiger partial charge is 0.0741 e. The van der Waals surface area contributed by atoms with Gasteiger partial charge in [0.2, 0.25) is 0 Å². The number of rotatable bonds is 6. The van der Waals surface area contributed by atoms with Crippen molar-refractivity contribution in [1.29, 1.82) is 0 Å².